The van der Waals surface area contributed by atoms with Crippen LogP contribution in [0.3, 0.4) is 0 Å². The van der Waals surface area contributed by atoms with Gasteiger partial charge in [0.1, 0.15) is 13.2 Å². The number of halogens is 1. The van der Waals surface area contributed by atoms with Gasteiger partial charge < -0.3 is 14.8 Å². The van der Waals surface area contributed by atoms with Gasteiger partial charge in [0.2, 0.25) is 0 Å². The third-order valence-corrected chi connectivity index (χ3v) is 4.18. The Hall–Kier alpha value is -1.09. The van der Waals surface area contributed by atoms with E-state index in [1.165, 1.54) is 6.42 Å². The second-order valence-electron chi connectivity index (χ2n) is 5.47. The number of fused-ring (bicyclic) bond motifs is 1. The molecule has 1 aliphatic rings. The van der Waals surface area contributed by atoms with Crippen molar-refractivity contribution >= 4 is 17.3 Å². The maximum atomic E-state index is 6.33. The molecule has 1 aliphatic heterocycles. The van der Waals surface area contributed by atoms with Gasteiger partial charge in [0.05, 0.1) is 10.7 Å². The molecule has 0 saturated heterocycles. The summed E-state index contributed by atoms with van der Waals surface area (Å²) in [6, 6.07) is 4.23. The molecule has 1 aromatic rings. The number of anilines is 1. The fraction of sp³-hybridized carbons (Fsp3) is 0.625. The summed E-state index contributed by atoms with van der Waals surface area (Å²) >= 11 is 6.33. The molecule has 0 fully saturated rings. The van der Waals surface area contributed by atoms with Crippen molar-refractivity contribution in [1.29, 1.82) is 0 Å². The smallest absolute Gasteiger partial charge is 0.163 e. The Morgan fingerprint density at radius 3 is 2.40 bits per heavy atom. The molecule has 0 bridgehead atoms. The lowest BCUT2D eigenvalue weighted by molar-refractivity contribution is 0.171. The molecule has 2 atom stereocenters. The van der Waals surface area contributed by atoms with Gasteiger partial charge in [-0.05, 0) is 18.8 Å². The second-order valence-corrected chi connectivity index (χ2v) is 5.88. The molecular weight excluding hydrogens is 274 g/mol. The van der Waals surface area contributed by atoms with Gasteiger partial charge in [-0.25, -0.2) is 0 Å². The number of benzene rings is 1. The first kappa shape index (κ1) is 15.3. The summed E-state index contributed by atoms with van der Waals surface area (Å²) in [7, 11) is 0. The Bertz CT molecular complexity index is 450. The molecule has 20 heavy (non-hydrogen) atoms. The lowest BCUT2D eigenvalue weighted by Gasteiger charge is -2.24. The van der Waals surface area contributed by atoms with Crippen molar-refractivity contribution in [3.8, 4) is 11.5 Å². The lowest BCUT2D eigenvalue weighted by Crippen LogP contribution is -2.22. The normalized spacial score (nSPS) is 16.6. The second kappa shape index (κ2) is 7.07. The van der Waals surface area contributed by atoms with Crippen LogP contribution in [-0.4, -0.2) is 19.3 Å². The zero-order valence-corrected chi connectivity index (χ0v) is 13.3. The van der Waals surface area contributed by atoms with E-state index in [2.05, 4.69) is 26.1 Å². The molecule has 0 radical (unpaired) electrons. The van der Waals surface area contributed by atoms with Crippen molar-refractivity contribution in [2.24, 2.45) is 5.92 Å². The van der Waals surface area contributed by atoms with E-state index >= 15 is 0 Å². The van der Waals surface area contributed by atoms with Crippen LogP contribution in [0, 0.1) is 5.92 Å². The minimum atomic E-state index is 0.435. The Morgan fingerprint density at radius 1 is 1.15 bits per heavy atom. The van der Waals surface area contributed by atoms with Crippen LogP contribution in [-0.2, 0) is 0 Å². The van der Waals surface area contributed by atoms with Gasteiger partial charge in [-0.3, -0.25) is 0 Å². The standard InChI is InChI=1S/C16H24ClNO2/c1-4-11(3)8-12(5-2)18-14-10-16-15(9-13(14)17)19-6-7-20-16/h9-12,18H,4-8H2,1-3H3. The van der Waals surface area contributed by atoms with E-state index in [1.807, 2.05) is 12.1 Å². The molecule has 0 aromatic heterocycles. The highest BCUT2D eigenvalue weighted by atomic mass is 35.5. The number of rotatable bonds is 6. The van der Waals surface area contributed by atoms with Crippen LogP contribution in [0.4, 0.5) is 5.69 Å². The molecular formula is C16H24ClNO2. The monoisotopic (exact) mass is 297 g/mol. The van der Waals surface area contributed by atoms with Gasteiger partial charge in [0, 0.05) is 18.2 Å². The number of nitrogens with one attached hydrogen (secondary N) is 1. The van der Waals surface area contributed by atoms with Gasteiger partial charge >= 0.3 is 0 Å². The first-order chi connectivity index (χ1) is 9.63. The summed E-state index contributed by atoms with van der Waals surface area (Å²) in [4.78, 5) is 0. The lowest BCUT2D eigenvalue weighted by atomic mass is 9.97. The van der Waals surface area contributed by atoms with Crippen LogP contribution in [0.15, 0.2) is 12.1 Å². The molecule has 112 valence electrons. The Kier molecular flexibility index (Phi) is 5.41. The van der Waals surface area contributed by atoms with Crippen LogP contribution >= 0.6 is 11.6 Å². The maximum absolute atomic E-state index is 6.33. The molecule has 0 aliphatic carbocycles. The van der Waals surface area contributed by atoms with Gasteiger partial charge in [-0.15, -0.1) is 0 Å². The van der Waals surface area contributed by atoms with Crippen LogP contribution in [0.1, 0.15) is 40.0 Å². The quantitative estimate of drug-likeness (QED) is 0.823. The first-order valence-corrected chi connectivity index (χ1v) is 7.87. The molecule has 1 N–H and O–H groups in total. The van der Waals surface area contributed by atoms with Crippen molar-refractivity contribution < 1.29 is 9.47 Å². The predicted octanol–water partition coefficient (Wildman–Crippen LogP) is 4.74. The molecule has 1 aromatic carbocycles. The summed E-state index contributed by atoms with van der Waals surface area (Å²) in [5.41, 5.74) is 0.936. The zero-order chi connectivity index (χ0) is 14.5. The van der Waals surface area contributed by atoms with Crippen LogP contribution in [0.2, 0.25) is 5.02 Å². The number of hydrogen-bond donors (Lipinski definition) is 1. The average molecular weight is 298 g/mol. The number of ether oxygens (including phenoxy) is 2. The molecule has 2 unspecified atom stereocenters. The van der Waals surface area contributed by atoms with Crippen molar-refractivity contribution in [3.05, 3.63) is 17.2 Å². The van der Waals surface area contributed by atoms with Gasteiger partial charge in [0.15, 0.2) is 11.5 Å². The van der Waals surface area contributed by atoms with Crippen molar-refractivity contribution in [1.82, 2.24) is 0 Å². The van der Waals surface area contributed by atoms with Gasteiger partial charge in [-0.1, -0.05) is 38.8 Å². The summed E-state index contributed by atoms with van der Waals surface area (Å²) < 4.78 is 11.1. The van der Waals surface area contributed by atoms with E-state index in [0.29, 0.717) is 30.2 Å². The van der Waals surface area contributed by atoms with Crippen molar-refractivity contribution in [3.63, 3.8) is 0 Å². The molecule has 3 nitrogen and oxygen atoms in total. The summed E-state index contributed by atoms with van der Waals surface area (Å²) in [5, 5.41) is 4.24. The Labute approximate surface area is 126 Å². The largest absolute Gasteiger partial charge is 0.486 e. The maximum Gasteiger partial charge on any atom is 0.163 e. The minimum absolute atomic E-state index is 0.435. The highest BCUT2D eigenvalue weighted by Gasteiger charge is 2.17. The predicted molar refractivity (Wildman–Crippen MR) is 84.2 cm³/mol. The summed E-state index contributed by atoms with van der Waals surface area (Å²) in [6.45, 7) is 7.90. The Balaban J connectivity index is 2.11. The zero-order valence-electron chi connectivity index (χ0n) is 12.5. The van der Waals surface area contributed by atoms with Crippen molar-refractivity contribution in [2.75, 3.05) is 18.5 Å². The molecule has 4 heteroatoms. The van der Waals surface area contributed by atoms with Crippen LogP contribution < -0.4 is 14.8 Å². The fourth-order valence-corrected chi connectivity index (χ4v) is 2.58. The average Bonchev–Trinajstić information content (AvgIpc) is 2.46. The highest BCUT2D eigenvalue weighted by molar-refractivity contribution is 6.33. The van der Waals surface area contributed by atoms with E-state index in [1.54, 1.807) is 0 Å². The molecule has 0 spiro atoms. The third-order valence-electron chi connectivity index (χ3n) is 3.87. The van der Waals surface area contributed by atoms with E-state index < -0.39 is 0 Å². The molecule has 0 amide bonds. The van der Waals surface area contributed by atoms with Crippen LogP contribution in [0.5, 0.6) is 11.5 Å². The highest BCUT2D eigenvalue weighted by Crippen LogP contribution is 2.38. The minimum Gasteiger partial charge on any atom is -0.486 e. The van der Waals surface area contributed by atoms with Gasteiger partial charge in [0.25, 0.3) is 0 Å². The van der Waals surface area contributed by atoms with E-state index in [4.69, 9.17) is 21.1 Å². The van der Waals surface area contributed by atoms with Crippen LogP contribution in [0.25, 0.3) is 0 Å². The summed E-state index contributed by atoms with van der Waals surface area (Å²) in [6.07, 6.45) is 3.43. The summed E-state index contributed by atoms with van der Waals surface area (Å²) in [5.74, 6) is 2.23. The fourth-order valence-electron chi connectivity index (χ4n) is 2.37. The molecule has 2 rings (SSSR count). The van der Waals surface area contributed by atoms with E-state index in [0.717, 1.165) is 30.0 Å². The van der Waals surface area contributed by atoms with Gasteiger partial charge in [-0.2, -0.15) is 0 Å². The topological polar surface area (TPSA) is 30.5 Å². The molecule has 0 saturated carbocycles. The first-order valence-electron chi connectivity index (χ1n) is 7.49. The molecule has 1 heterocycles. The number of hydrogen-bond acceptors (Lipinski definition) is 3. The SMILES string of the molecule is CCC(C)CC(CC)Nc1cc2c(cc1Cl)OCCO2. The Morgan fingerprint density at radius 2 is 1.80 bits per heavy atom. The van der Waals surface area contributed by atoms with E-state index in [-0.39, 0.29) is 0 Å². The third kappa shape index (κ3) is 3.72. The van der Waals surface area contributed by atoms with Crippen molar-refractivity contribution in [2.45, 2.75) is 46.1 Å². The van der Waals surface area contributed by atoms with E-state index in [9.17, 15) is 0 Å².